The highest BCUT2D eigenvalue weighted by Crippen LogP contribution is 2.23. The minimum absolute atomic E-state index is 0.0183. The zero-order chi connectivity index (χ0) is 14.8. The molecule has 1 aromatic carbocycles. The Morgan fingerprint density at radius 3 is 2.20 bits per heavy atom. The first-order valence-corrected chi connectivity index (χ1v) is 8.68. The molecule has 1 N–H and O–H groups in total. The maximum absolute atomic E-state index is 11.4. The molecular weight excluding hydrogens is 272 g/mol. The summed E-state index contributed by atoms with van der Waals surface area (Å²) < 4.78 is 22.7. The number of benzene rings is 1. The predicted molar refractivity (Wildman–Crippen MR) is 80.2 cm³/mol. The van der Waals surface area contributed by atoms with Crippen molar-refractivity contribution in [3.05, 3.63) is 35.4 Å². The third-order valence-corrected chi connectivity index (χ3v) is 5.32. The Kier molecular flexibility index (Phi) is 4.22. The van der Waals surface area contributed by atoms with E-state index in [9.17, 15) is 13.5 Å². The van der Waals surface area contributed by atoms with Crippen LogP contribution in [0.4, 0.5) is 0 Å². The van der Waals surface area contributed by atoms with Gasteiger partial charge in [0.05, 0.1) is 11.5 Å². The number of sulfone groups is 1. The van der Waals surface area contributed by atoms with Crippen molar-refractivity contribution in [2.45, 2.75) is 38.2 Å². The molecule has 1 saturated heterocycles. The van der Waals surface area contributed by atoms with Gasteiger partial charge in [-0.2, -0.15) is 0 Å². The van der Waals surface area contributed by atoms with Crippen molar-refractivity contribution in [1.29, 1.82) is 0 Å². The number of aliphatic hydroxyl groups is 1. The number of hydrogen-bond donors (Lipinski definition) is 1. The molecule has 1 fully saturated rings. The average molecular weight is 292 g/mol. The summed E-state index contributed by atoms with van der Waals surface area (Å²) in [4.78, 5) is 0. The van der Waals surface area contributed by atoms with E-state index in [0.29, 0.717) is 5.92 Å². The molecule has 1 aliphatic rings. The summed E-state index contributed by atoms with van der Waals surface area (Å²) in [5, 5.41) is 10.3. The van der Waals surface area contributed by atoms with Gasteiger partial charge in [0, 0.05) is 18.4 Å². The summed E-state index contributed by atoms with van der Waals surface area (Å²) in [7, 11) is -2.98. The van der Waals surface area contributed by atoms with E-state index in [-0.39, 0.29) is 24.3 Å². The van der Waals surface area contributed by atoms with Crippen molar-refractivity contribution < 1.29 is 13.5 Å². The van der Waals surface area contributed by atoms with Crippen LogP contribution in [0.3, 0.4) is 0 Å². The molecule has 0 atom stereocenters. The third kappa shape index (κ3) is 3.84. The molecule has 3 nitrogen and oxygen atoms in total. The van der Waals surface area contributed by atoms with Crippen LogP contribution < -0.4 is 0 Å². The molecule has 1 aliphatic heterocycles. The molecule has 2 rings (SSSR count). The van der Waals surface area contributed by atoms with E-state index in [2.05, 4.69) is 25.7 Å². The summed E-state index contributed by atoms with van der Waals surface area (Å²) in [6, 6.07) is 7.94. The molecule has 0 aromatic heterocycles. The van der Waals surface area contributed by atoms with Crippen LogP contribution in [0.5, 0.6) is 0 Å². The highest BCUT2D eigenvalue weighted by molar-refractivity contribution is 7.91. The molecule has 1 aromatic rings. The predicted octanol–water partition coefficient (Wildman–Crippen LogP) is 2.10. The van der Waals surface area contributed by atoms with E-state index in [4.69, 9.17) is 0 Å². The van der Waals surface area contributed by atoms with Crippen molar-refractivity contribution in [1.82, 2.24) is 0 Å². The summed E-state index contributed by atoms with van der Waals surface area (Å²) in [5.74, 6) is 6.31. The summed E-state index contributed by atoms with van der Waals surface area (Å²) in [6.45, 7) is 4.26. The lowest BCUT2D eigenvalue weighted by molar-refractivity contribution is 0.0907. The molecular formula is C16H20O3S. The van der Waals surface area contributed by atoms with Crippen molar-refractivity contribution in [2.75, 3.05) is 11.5 Å². The molecule has 0 aliphatic carbocycles. The Balaban J connectivity index is 2.10. The molecule has 4 heteroatoms. The highest BCUT2D eigenvalue weighted by atomic mass is 32.2. The minimum atomic E-state index is -2.98. The van der Waals surface area contributed by atoms with Gasteiger partial charge in [-0.05, 0) is 23.6 Å². The van der Waals surface area contributed by atoms with Gasteiger partial charge < -0.3 is 5.11 Å². The fraction of sp³-hybridized carbons (Fsp3) is 0.500. The van der Waals surface area contributed by atoms with Crippen molar-refractivity contribution in [3.63, 3.8) is 0 Å². The lowest BCUT2D eigenvalue weighted by Crippen LogP contribution is -2.37. The van der Waals surface area contributed by atoms with E-state index in [0.717, 1.165) is 5.56 Å². The second kappa shape index (κ2) is 5.59. The van der Waals surface area contributed by atoms with Gasteiger partial charge in [-0.15, -0.1) is 0 Å². The Bertz CT molecular complexity index is 617. The van der Waals surface area contributed by atoms with Crippen LogP contribution in [-0.4, -0.2) is 30.6 Å². The van der Waals surface area contributed by atoms with Crippen LogP contribution in [0.15, 0.2) is 24.3 Å². The van der Waals surface area contributed by atoms with Crippen LogP contribution in [0.2, 0.25) is 0 Å². The quantitative estimate of drug-likeness (QED) is 0.807. The van der Waals surface area contributed by atoms with Crippen LogP contribution in [0.25, 0.3) is 0 Å². The van der Waals surface area contributed by atoms with E-state index < -0.39 is 15.4 Å². The smallest absolute Gasteiger partial charge is 0.150 e. The Labute approximate surface area is 120 Å². The van der Waals surface area contributed by atoms with Gasteiger partial charge in [0.2, 0.25) is 0 Å². The molecule has 0 bridgehead atoms. The summed E-state index contributed by atoms with van der Waals surface area (Å²) >= 11 is 0. The Hall–Kier alpha value is -1.31. The van der Waals surface area contributed by atoms with E-state index >= 15 is 0 Å². The average Bonchev–Trinajstić information content (AvgIpc) is 2.41. The first-order valence-electron chi connectivity index (χ1n) is 6.86. The first kappa shape index (κ1) is 15.1. The van der Waals surface area contributed by atoms with Crippen molar-refractivity contribution in [3.8, 4) is 11.8 Å². The van der Waals surface area contributed by atoms with Crippen LogP contribution in [-0.2, 0) is 9.84 Å². The van der Waals surface area contributed by atoms with Crippen molar-refractivity contribution in [2.24, 2.45) is 0 Å². The summed E-state index contributed by atoms with van der Waals surface area (Å²) in [5.41, 5.74) is 0.927. The molecule has 0 unspecified atom stereocenters. The lowest BCUT2D eigenvalue weighted by Gasteiger charge is -2.26. The SMILES string of the molecule is CC(C)c1ccc(C#CC2(O)CCS(=O)(=O)CC2)cc1. The fourth-order valence-electron chi connectivity index (χ4n) is 2.14. The van der Waals surface area contributed by atoms with Crippen molar-refractivity contribution >= 4 is 9.84 Å². The first-order chi connectivity index (χ1) is 9.30. The molecule has 0 amide bonds. The molecule has 108 valence electrons. The van der Waals surface area contributed by atoms with Gasteiger partial charge >= 0.3 is 0 Å². The van der Waals surface area contributed by atoms with Gasteiger partial charge in [0.25, 0.3) is 0 Å². The second-order valence-corrected chi connectivity index (χ2v) is 8.01. The van der Waals surface area contributed by atoms with Crippen LogP contribution in [0, 0.1) is 11.8 Å². The summed E-state index contributed by atoms with van der Waals surface area (Å²) in [6.07, 6.45) is 0.402. The van der Waals surface area contributed by atoms with Gasteiger partial charge in [-0.3, -0.25) is 0 Å². The second-order valence-electron chi connectivity index (χ2n) is 5.71. The maximum Gasteiger partial charge on any atom is 0.150 e. The Morgan fingerprint density at radius 1 is 1.15 bits per heavy atom. The van der Waals surface area contributed by atoms with Crippen LogP contribution >= 0.6 is 0 Å². The molecule has 20 heavy (non-hydrogen) atoms. The zero-order valence-corrected chi connectivity index (χ0v) is 12.7. The van der Waals surface area contributed by atoms with E-state index in [1.54, 1.807) is 0 Å². The molecule has 0 radical (unpaired) electrons. The van der Waals surface area contributed by atoms with Crippen LogP contribution in [0.1, 0.15) is 43.7 Å². The fourth-order valence-corrected chi connectivity index (χ4v) is 3.64. The van der Waals surface area contributed by atoms with Gasteiger partial charge in [0.15, 0.2) is 9.84 Å². The number of rotatable bonds is 1. The maximum atomic E-state index is 11.4. The molecule has 0 saturated carbocycles. The highest BCUT2D eigenvalue weighted by Gasteiger charge is 2.33. The zero-order valence-electron chi connectivity index (χ0n) is 11.9. The van der Waals surface area contributed by atoms with Gasteiger partial charge in [-0.1, -0.05) is 37.8 Å². The Morgan fingerprint density at radius 2 is 1.70 bits per heavy atom. The third-order valence-electron chi connectivity index (χ3n) is 3.67. The monoisotopic (exact) mass is 292 g/mol. The standard InChI is InChI=1S/C16H20O3S/c1-13(2)15-5-3-14(4-6-15)7-8-16(17)9-11-20(18,19)12-10-16/h3-6,13,17H,9-12H2,1-2H3. The lowest BCUT2D eigenvalue weighted by atomic mass is 9.96. The van der Waals surface area contributed by atoms with Gasteiger partial charge in [0.1, 0.15) is 5.60 Å². The van der Waals surface area contributed by atoms with E-state index in [1.807, 2.05) is 24.3 Å². The minimum Gasteiger partial charge on any atom is -0.378 e. The topological polar surface area (TPSA) is 54.4 Å². The molecule has 0 spiro atoms. The molecule has 1 heterocycles. The number of hydrogen-bond acceptors (Lipinski definition) is 3. The van der Waals surface area contributed by atoms with Gasteiger partial charge in [-0.25, -0.2) is 8.42 Å². The largest absolute Gasteiger partial charge is 0.378 e. The normalized spacial score (nSPS) is 20.2. The van der Waals surface area contributed by atoms with E-state index in [1.165, 1.54) is 5.56 Å².